The maximum atomic E-state index is 12.1. The minimum absolute atomic E-state index is 0.327. The summed E-state index contributed by atoms with van der Waals surface area (Å²) in [7, 11) is 0. The molecule has 2 N–H and O–H groups in total. The van der Waals surface area contributed by atoms with Gasteiger partial charge in [0.1, 0.15) is 13.2 Å². The lowest BCUT2D eigenvalue weighted by Gasteiger charge is -2.18. The fraction of sp³-hybridized carbons (Fsp3) is 0.111. The van der Waals surface area contributed by atoms with E-state index < -0.39 is 11.8 Å². The fourth-order valence-electron chi connectivity index (χ4n) is 2.25. The van der Waals surface area contributed by atoms with Gasteiger partial charge in [0.05, 0.1) is 0 Å². The quantitative estimate of drug-likeness (QED) is 0.620. The number of hydrogen-bond donors (Lipinski definition) is 2. The van der Waals surface area contributed by atoms with Gasteiger partial charge in [-0.15, -0.1) is 0 Å². The lowest BCUT2D eigenvalue weighted by Crippen LogP contribution is -2.40. The van der Waals surface area contributed by atoms with Crippen LogP contribution in [-0.2, 0) is 4.79 Å². The van der Waals surface area contributed by atoms with Crippen LogP contribution in [0.15, 0.2) is 42.5 Å². The highest BCUT2D eigenvalue weighted by molar-refractivity contribution is 6.37. The SMILES string of the molecule is O=C(/C=C/c1c(Cl)cccc1Cl)NNC(=O)c1ccc2c(c1)OCCO2. The molecule has 0 aromatic heterocycles. The molecule has 2 aromatic rings. The van der Waals surface area contributed by atoms with Crippen molar-refractivity contribution in [2.75, 3.05) is 13.2 Å². The molecule has 0 spiro atoms. The average Bonchev–Trinajstić information content (AvgIpc) is 2.65. The second-order valence-electron chi connectivity index (χ2n) is 5.27. The predicted octanol–water partition coefficient (Wildman–Crippen LogP) is 3.24. The van der Waals surface area contributed by atoms with Gasteiger partial charge in [-0.2, -0.15) is 0 Å². The van der Waals surface area contributed by atoms with Crippen LogP contribution in [0.3, 0.4) is 0 Å². The number of ether oxygens (including phenoxy) is 2. The van der Waals surface area contributed by atoms with Gasteiger partial charge in [0.15, 0.2) is 11.5 Å². The Morgan fingerprint density at radius 3 is 2.38 bits per heavy atom. The zero-order chi connectivity index (χ0) is 18.5. The highest BCUT2D eigenvalue weighted by Gasteiger charge is 2.15. The Kier molecular flexibility index (Phi) is 5.65. The Balaban J connectivity index is 1.59. The number of amides is 2. The van der Waals surface area contributed by atoms with Crippen molar-refractivity contribution in [1.82, 2.24) is 10.9 Å². The molecular formula is C18H14Cl2N2O4. The molecule has 2 amide bonds. The van der Waals surface area contributed by atoms with Crippen LogP contribution in [0.2, 0.25) is 10.0 Å². The summed E-state index contributed by atoms with van der Waals surface area (Å²) in [6.07, 6.45) is 2.69. The molecule has 0 saturated heterocycles. The summed E-state index contributed by atoms with van der Waals surface area (Å²) in [4.78, 5) is 24.0. The van der Waals surface area contributed by atoms with E-state index in [1.165, 1.54) is 12.2 Å². The number of halogens is 2. The van der Waals surface area contributed by atoms with Gasteiger partial charge in [0.25, 0.3) is 11.8 Å². The second-order valence-corrected chi connectivity index (χ2v) is 6.08. The molecule has 1 heterocycles. The van der Waals surface area contributed by atoms with E-state index in [-0.39, 0.29) is 0 Å². The van der Waals surface area contributed by atoms with Crippen molar-refractivity contribution in [1.29, 1.82) is 0 Å². The van der Waals surface area contributed by atoms with Gasteiger partial charge in [-0.05, 0) is 36.4 Å². The van der Waals surface area contributed by atoms with Crippen molar-refractivity contribution in [2.24, 2.45) is 0 Å². The first-order chi connectivity index (χ1) is 12.5. The van der Waals surface area contributed by atoms with Gasteiger partial charge in [-0.25, -0.2) is 0 Å². The molecule has 3 rings (SSSR count). The molecule has 0 bridgehead atoms. The van der Waals surface area contributed by atoms with Crippen molar-refractivity contribution in [3.8, 4) is 11.5 Å². The lowest BCUT2D eigenvalue weighted by molar-refractivity contribution is -0.117. The Hall–Kier alpha value is -2.70. The van der Waals surface area contributed by atoms with E-state index in [1.54, 1.807) is 36.4 Å². The van der Waals surface area contributed by atoms with E-state index in [0.717, 1.165) is 0 Å². The van der Waals surface area contributed by atoms with Gasteiger partial charge in [0.2, 0.25) is 0 Å². The molecule has 0 radical (unpaired) electrons. The lowest BCUT2D eigenvalue weighted by atomic mass is 10.2. The Bertz CT molecular complexity index is 863. The van der Waals surface area contributed by atoms with Gasteiger partial charge in [-0.3, -0.25) is 20.4 Å². The third-order valence-corrected chi connectivity index (χ3v) is 4.16. The summed E-state index contributed by atoms with van der Waals surface area (Å²) < 4.78 is 10.8. The number of hydrogen-bond acceptors (Lipinski definition) is 4. The number of carbonyl (C=O) groups excluding carboxylic acids is 2. The molecule has 6 nitrogen and oxygen atoms in total. The molecule has 1 aliphatic heterocycles. The number of fused-ring (bicyclic) bond motifs is 1. The van der Waals surface area contributed by atoms with E-state index in [9.17, 15) is 9.59 Å². The molecule has 0 aliphatic carbocycles. The van der Waals surface area contributed by atoms with Crippen LogP contribution in [0.4, 0.5) is 0 Å². The fourth-order valence-corrected chi connectivity index (χ4v) is 2.77. The van der Waals surface area contributed by atoms with E-state index in [2.05, 4.69) is 10.9 Å². The first-order valence-electron chi connectivity index (χ1n) is 7.66. The van der Waals surface area contributed by atoms with Crippen LogP contribution in [0.1, 0.15) is 15.9 Å². The van der Waals surface area contributed by atoms with E-state index in [1.807, 2.05) is 0 Å². The largest absolute Gasteiger partial charge is 0.486 e. The summed E-state index contributed by atoms with van der Waals surface area (Å²) in [5.41, 5.74) is 5.45. The van der Waals surface area contributed by atoms with Crippen LogP contribution < -0.4 is 20.3 Å². The topological polar surface area (TPSA) is 76.7 Å². The summed E-state index contributed by atoms with van der Waals surface area (Å²) >= 11 is 12.0. The van der Waals surface area contributed by atoms with E-state index in [0.29, 0.717) is 45.9 Å². The van der Waals surface area contributed by atoms with Crippen molar-refractivity contribution in [3.05, 3.63) is 63.6 Å². The first kappa shape index (κ1) is 18.1. The maximum absolute atomic E-state index is 12.1. The number of rotatable bonds is 3. The van der Waals surface area contributed by atoms with Crippen LogP contribution >= 0.6 is 23.2 Å². The monoisotopic (exact) mass is 392 g/mol. The third-order valence-electron chi connectivity index (χ3n) is 3.50. The van der Waals surface area contributed by atoms with Crippen LogP contribution in [0, 0.1) is 0 Å². The van der Waals surface area contributed by atoms with Gasteiger partial charge < -0.3 is 9.47 Å². The summed E-state index contributed by atoms with van der Waals surface area (Å²) in [6, 6.07) is 9.80. The molecular weight excluding hydrogens is 379 g/mol. The van der Waals surface area contributed by atoms with Gasteiger partial charge >= 0.3 is 0 Å². The molecule has 0 atom stereocenters. The molecule has 8 heteroatoms. The molecule has 1 aliphatic rings. The van der Waals surface area contributed by atoms with Crippen molar-refractivity contribution >= 4 is 41.1 Å². The predicted molar refractivity (Wildman–Crippen MR) is 98.5 cm³/mol. The zero-order valence-electron chi connectivity index (χ0n) is 13.4. The summed E-state index contributed by atoms with van der Waals surface area (Å²) in [5, 5.41) is 0.837. The van der Waals surface area contributed by atoms with E-state index in [4.69, 9.17) is 32.7 Å². The van der Waals surface area contributed by atoms with Crippen LogP contribution in [0.25, 0.3) is 6.08 Å². The number of benzene rings is 2. The Morgan fingerprint density at radius 1 is 0.962 bits per heavy atom. The maximum Gasteiger partial charge on any atom is 0.269 e. The minimum atomic E-state index is -0.535. The second kappa shape index (κ2) is 8.12. The van der Waals surface area contributed by atoms with Gasteiger partial charge in [0, 0.05) is 27.2 Å². The summed E-state index contributed by atoms with van der Waals surface area (Å²) in [5.74, 6) is 0.0475. The standard InChI is InChI=1S/C18H14Cl2N2O4/c19-13-2-1-3-14(20)12(13)5-7-17(23)21-22-18(24)11-4-6-15-16(10-11)26-9-8-25-15/h1-7,10H,8-9H2,(H,21,23)(H,22,24)/b7-5+. The third kappa shape index (κ3) is 4.28. The molecule has 134 valence electrons. The van der Waals surface area contributed by atoms with Crippen molar-refractivity contribution in [3.63, 3.8) is 0 Å². The molecule has 0 saturated carbocycles. The number of hydrazine groups is 1. The highest BCUT2D eigenvalue weighted by atomic mass is 35.5. The zero-order valence-corrected chi connectivity index (χ0v) is 14.9. The minimum Gasteiger partial charge on any atom is -0.486 e. The Morgan fingerprint density at radius 2 is 1.65 bits per heavy atom. The first-order valence-corrected chi connectivity index (χ1v) is 8.42. The van der Waals surface area contributed by atoms with Crippen LogP contribution in [0.5, 0.6) is 11.5 Å². The van der Waals surface area contributed by atoms with Crippen molar-refractivity contribution < 1.29 is 19.1 Å². The highest BCUT2D eigenvalue weighted by Crippen LogP contribution is 2.30. The van der Waals surface area contributed by atoms with Crippen LogP contribution in [-0.4, -0.2) is 25.0 Å². The number of carbonyl (C=O) groups is 2. The van der Waals surface area contributed by atoms with E-state index >= 15 is 0 Å². The van der Waals surface area contributed by atoms with Crippen molar-refractivity contribution in [2.45, 2.75) is 0 Å². The average molecular weight is 393 g/mol. The smallest absolute Gasteiger partial charge is 0.269 e. The Labute approximate surface area is 159 Å². The molecule has 26 heavy (non-hydrogen) atoms. The molecule has 0 unspecified atom stereocenters. The van der Waals surface area contributed by atoms with Gasteiger partial charge in [-0.1, -0.05) is 29.3 Å². The molecule has 0 fully saturated rings. The molecule has 2 aromatic carbocycles. The normalized spacial score (nSPS) is 12.7. The number of nitrogens with one attached hydrogen (secondary N) is 2. The summed E-state index contributed by atoms with van der Waals surface area (Å²) in [6.45, 7) is 0.889.